The molecule has 92 valence electrons. The lowest BCUT2D eigenvalue weighted by Crippen LogP contribution is -2.39. The molecule has 0 bridgehead atoms. The van der Waals surface area contributed by atoms with Gasteiger partial charge in [0.2, 0.25) is 0 Å². The molecule has 3 heteroatoms. The van der Waals surface area contributed by atoms with E-state index in [1.165, 1.54) is 12.8 Å². The number of rotatable bonds is 9. The van der Waals surface area contributed by atoms with E-state index in [0.29, 0.717) is 6.04 Å². The average Bonchev–Trinajstić information content (AvgIpc) is 2.28. The summed E-state index contributed by atoms with van der Waals surface area (Å²) in [6.45, 7) is 12.4. The first-order valence-electron chi connectivity index (χ1n) is 6.36. The standard InChI is InChI=1S/C12H29N3/c1-5-11(4)10-12(14-13)8-9-15(6-2)7-3/h11-12,14H,5-10,13H2,1-4H3. The summed E-state index contributed by atoms with van der Waals surface area (Å²) in [7, 11) is 0. The molecule has 0 aromatic carbocycles. The quantitative estimate of drug-likeness (QED) is 0.456. The van der Waals surface area contributed by atoms with Crippen LogP contribution in [-0.4, -0.2) is 30.6 Å². The van der Waals surface area contributed by atoms with Gasteiger partial charge in [-0.1, -0.05) is 34.1 Å². The molecule has 0 rings (SSSR count). The third-order valence-electron chi connectivity index (χ3n) is 3.31. The van der Waals surface area contributed by atoms with E-state index in [0.717, 1.165) is 32.0 Å². The lowest BCUT2D eigenvalue weighted by atomic mass is 9.97. The molecule has 0 fully saturated rings. The van der Waals surface area contributed by atoms with Gasteiger partial charge in [-0.05, 0) is 38.4 Å². The summed E-state index contributed by atoms with van der Waals surface area (Å²) in [6, 6.07) is 0.473. The van der Waals surface area contributed by atoms with Crippen molar-refractivity contribution in [3.8, 4) is 0 Å². The Morgan fingerprint density at radius 2 is 1.80 bits per heavy atom. The monoisotopic (exact) mass is 215 g/mol. The molecule has 0 radical (unpaired) electrons. The summed E-state index contributed by atoms with van der Waals surface area (Å²) in [6.07, 6.45) is 3.58. The van der Waals surface area contributed by atoms with Gasteiger partial charge in [-0.15, -0.1) is 0 Å². The Balaban J connectivity index is 3.78. The van der Waals surface area contributed by atoms with Gasteiger partial charge in [-0.3, -0.25) is 11.3 Å². The molecular weight excluding hydrogens is 186 g/mol. The van der Waals surface area contributed by atoms with Crippen LogP contribution < -0.4 is 11.3 Å². The van der Waals surface area contributed by atoms with Crippen LogP contribution in [0.15, 0.2) is 0 Å². The van der Waals surface area contributed by atoms with Crippen molar-refractivity contribution >= 4 is 0 Å². The average molecular weight is 215 g/mol. The molecule has 15 heavy (non-hydrogen) atoms. The second-order valence-electron chi connectivity index (χ2n) is 4.43. The van der Waals surface area contributed by atoms with Gasteiger partial charge in [0.1, 0.15) is 0 Å². The Bertz CT molecular complexity index is 135. The van der Waals surface area contributed by atoms with Gasteiger partial charge in [0.25, 0.3) is 0 Å². The van der Waals surface area contributed by atoms with Crippen molar-refractivity contribution in [2.75, 3.05) is 19.6 Å². The highest BCUT2D eigenvalue weighted by Gasteiger charge is 2.11. The number of nitrogens with zero attached hydrogens (tertiary/aromatic N) is 1. The Morgan fingerprint density at radius 3 is 2.20 bits per heavy atom. The minimum absolute atomic E-state index is 0.473. The molecule has 0 aliphatic rings. The van der Waals surface area contributed by atoms with E-state index in [2.05, 4.69) is 38.0 Å². The van der Waals surface area contributed by atoms with Crippen LogP contribution in [0.25, 0.3) is 0 Å². The lowest BCUT2D eigenvalue weighted by molar-refractivity contribution is 0.268. The molecule has 0 spiro atoms. The molecule has 0 amide bonds. The number of nitrogens with two attached hydrogens (primary N) is 1. The van der Waals surface area contributed by atoms with Crippen molar-refractivity contribution < 1.29 is 0 Å². The molecule has 0 heterocycles. The van der Waals surface area contributed by atoms with Gasteiger partial charge < -0.3 is 4.90 Å². The number of hydrogen-bond acceptors (Lipinski definition) is 3. The van der Waals surface area contributed by atoms with Crippen LogP contribution in [0.1, 0.15) is 47.0 Å². The predicted molar refractivity (Wildman–Crippen MR) is 67.6 cm³/mol. The fourth-order valence-corrected chi connectivity index (χ4v) is 1.80. The summed E-state index contributed by atoms with van der Waals surface area (Å²) < 4.78 is 0. The van der Waals surface area contributed by atoms with Crippen molar-refractivity contribution in [2.45, 2.75) is 53.0 Å². The van der Waals surface area contributed by atoms with Crippen LogP contribution in [0.2, 0.25) is 0 Å². The third kappa shape index (κ3) is 6.88. The summed E-state index contributed by atoms with van der Waals surface area (Å²) in [5.74, 6) is 6.34. The minimum atomic E-state index is 0.473. The second-order valence-corrected chi connectivity index (χ2v) is 4.43. The van der Waals surface area contributed by atoms with Crippen LogP contribution in [0, 0.1) is 5.92 Å². The van der Waals surface area contributed by atoms with Crippen molar-refractivity contribution in [1.29, 1.82) is 0 Å². The van der Waals surface area contributed by atoms with Crippen LogP contribution in [-0.2, 0) is 0 Å². The van der Waals surface area contributed by atoms with Gasteiger partial charge in [0.05, 0.1) is 0 Å². The first-order chi connectivity index (χ1) is 7.17. The summed E-state index contributed by atoms with van der Waals surface area (Å²) >= 11 is 0. The first kappa shape index (κ1) is 14.9. The third-order valence-corrected chi connectivity index (χ3v) is 3.31. The maximum Gasteiger partial charge on any atom is 0.0225 e. The van der Waals surface area contributed by atoms with Gasteiger partial charge in [-0.2, -0.15) is 0 Å². The molecule has 0 saturated carbocycles. The van der Waals surface area contributed by atoms with E-state index in [1.54, 1.807) is 0 Å². The molecule has 0 aromatic heterocycles. The van der Waals surface area contributed by atoms with E-state index in [4.69, 9.17) is 5.84 Å². The lowest BCUT2D eigenvalue weighted by Gasteiger charge is -2.24. The number of hydrogen-bond donors (Lipinski definition) is 2. The predicted octanol–water partition coefficient (Wildman–Crippen LogP) is 1.99. The van der Waals surface area contributed by atoms with Crippen LogP contribution >= 0.6 is 0 Å². The van der Waals surface area contributed by atoms with E-state index in [9.17, 15) is 0 Å². The fraction of sp³-hybridized carbons (Fsp3) is 1.00. The van der Waals surface area contributed by atoms with Crippen molar-refractivity contribution in [2.24, 2.45) is 11.8 Å². The molecule has 2 unspecified atom stereocenters. The first-order valence-corrected chi connectivity index (χ1v) is 6.36. The van der Waals surface area contributed by atoms with Gasteiger partial charge >= 0.3 is 0 Å². The molecule has 0 saturated heterocycles. The Kier molecular flexibility index (Phi) is 9.06. The highest BCUT2D eigenvalue weighted by Crippen LogP contribution is 2.11. The Hall–Kier alpha value is -0.120. The zero-order valence-corrected chi connectivity index (χ0v) is 10.9. The largest absolute Gasteiger partial charge is 0.304 e. The highest BCUT2D eigenvalue weighted by molar-refractivity contribution is 4.69. The summed E-state index contributed by atoms with van der Waals surface area (Å²) in [5, 5.41) is 0. The van der Waals surface area contributed by atoms with E-state index in [-0.39, 0.29) is 0 Å². The Morgan fingerprint density at radius 1 is 1.20 bits per heavy atom. The smallest absolute Gasteiger partial charge is 0.0225 e. The maximum absolute atomic E-state index is 5.58. The molecular formula is C12H29N3. The summed E-state index contributed by atoms with van der Waals surface area (Å²) in [4.78, 5) is 2.45. The molecule has 0 aliphatic heterocycles. The van der Waals surface area contributed by atoms with Gasteiger partial charge in [0.15, 0.2) is 0 Å². The molecule has 0 aliphatic carbocycles. The van der Waals surface area contributed by atoms with Gasteiger partial charge in [-0.25, -0.2) is 0 Å². The highest BCUT2D eigenvalue weighted by atomic mass is 15.2. The zero-order chi connectivity index (χ0) is 11.7. The second kappa shape index (κ2) is 9.13. The van der Waals surface area contributed by atoms with Crippen LogP contribution in [0.4, 0.5) is 0 Å². The molecule has 3 nitrogen and oxygen atoms in total. The SMILES string of the molecule is CCC(C)CC(CCN(CC)CC)NN. The van der Waals surface area contributed by atoms with Crippen molar-refractivity contribution in [3.05, 3.63) is 0 Å². The minimum Gasteiger partial charge on any atom is -0.304 e. The van der Waals surface area contributed by atoms with E-state index < -0.39 is 0 Å². The molecule has 2 atom stereocenters. The van der Waals surface area contributed by atoms with Crippen LogP contribution in [0.5, 0.6) is 0 Å². The topological polar surface area (TPSA) is 41.3 Å². The van der Waals surface area contributed by atoms with E-state index in [1.807, 2.05) is 0 Å². The van der Waals surface area contributed by atoms with Crippen LogP contribution in [0.3, 0.4) is 0 Å². The molecule has 0 aromatic rings. The Labute approximate surface area is 95.4 Å². The van der Waals surface area contributed by atoms with E-state index >= 15 is 0 Å². The fourth-order valence-electron chi connectivity index (χ4n) is 1.80. The molecule has 3 N–H and O–H groups in total. The zero-order valence-electron chi connectivity index (χ0n) is 10.9. The van der Waals surface area contributed by atoms with Crippen molar-refractivity contribution in [1.82, 2.24) is 10.3 Å². The van der Waals surface area contributed by atoms with Gasteiger partial charge in [0, 0.05) is 6.04 Å². The number of nitrogens with one attached hydrogen (secondary N) is 1. The maximum atomic E-state index is 5.58. The number of hydrazine groups is 1. The normalized spacial score (nSPS) is 15.6. The van der Waals surface area contributed by atoms with Crippen molar-refractivity contribution in [3.63, 3.8) is 0 Å². The summed E-state index contributed by atoms with van der Waals surface area (Å²) in [5.41, 5.74) is 2.94.